The highest BCUT2D eigenvalue weighted by Crippen LogP contribution is 2.31. The summed E-state index contributed by atoms with van der Waals surface area (Å²) < 4.78 is 11.1. The van der Waals surface area contributed by atoms with E-state index in [1.54, 1.807) is 7.05 Å². The monoisotopic (exact) mass is 308 g/mol. The van der Waals surface area contributed by atoms with E-state index in [2.05, 4.69) is 5.32 Å². The van der Waals surface area contributed by atoms with Gasteiger partial charge >= 0.3 is 0 Å². The molecule has 122 valence electrons. The average molecular weight is 308 g/mol. The molecule has 1 aromatic rings. The van der Waals surface area contributed by atoms with Crippen molar-refractivity contribution in [3.63, 3.8) is 0 Å². The van der Waals surface area contributed by atoms with Crippen molar-refractivity contribution >= 4 is 11.6 Å². The van der Waals surface area contributed by atoms with Crippen molar-refractivity contribution in [3.05, 3.63) is 23.8 Å². The number of hydrogen-bond acceptors (Lipinski definition) is 5. The molecule has 0 radical (unpaired) electrons. The number of ether oxygens (including phenoxy) is 2. The van der Waals surface area contributed by atoms with E-state index in [0.29, 0.717) is 11.4 Å². The summed E-state index contributed by atoms with van der Waals surface area (Å²) in [7, 11) is 1.69. The van der Waals surface area contributed by atoms with Gasteiger partial charge in [0.1, 0.15) is 18.4 Å². The van der Waals surface area contributed by atoms with E-state index < -0.39 is 18.1 Å². The number of rotatable bonds is 3. The molecule has 1 aliphatic heterocycles. The summed E-state index contributed by atoms with van der Waals surface area (Å²) in [6.45, 7) is 7.58. The predicted molar refractivity (Wildman–Crippen MR) is 83.9 cm³/mol. The van der Waals surface area contributed by atoms with Crippen LogP contribution >= 0.6 is 0 Å². The molecule has 2 unspecified atom stereocenters. The first kappa shape index (κ1) is 16.7. The van der Waals surface area contributed by atoms with E-state index in [-0.39, 0.29) is 12.5 Å². The van der Waals surface area contributed by atoms with Crippen molar-refractivity contribution in [2.24, 2.45) is 0 Å². The Bertz CT molecular complexity index is 554. The molecule has 1 aromatic carbocycles. The Labute approximate surface area is 131 Å². The second kappa shape index (κ2) is 6.24. The Balaban J connectivity index is 2.13. The van der Waals surface area contributed by atoms with Gasteiger partial charge in [0.15, 0.2) is 0 Å². The number of anilines is 1. The molecule has 0 bridgehead atoms. The third-order valence-corrected chi connectivity index (χ3v) is 3.32. The quantitative estimate of drug-likeness (QED) is 0.826. The number of likely N-dealkylation sites (N-methyl/N-ethyl adjacent to an activating group) is 1. The summed E-state index contributed by atoms with van der Waals surface area (Å²) in [6, 6.07) is 4.99. The number of amides is 1. The summed E-state index contributed by atoms with van der Waals surface area (Å²) in [6.07, 6.45) is -1.24. The Kier molecular flexibility index (Phi) is 4.75. The Hall–Kier alpha value is -1.63. The van der Waals surface area contributed by atoms with Crippen LogP contribution in [-0.4, -0.2) is 42.7 Å². The highest BCUT2D eigenvalue weighted by atomic mass is 16.6. The Morgan fingerprint density at radius 2 is 2.14 bits per heavy atom. The molecule has 0 fully saturated rings. The second-order valence-electron chi connectivity index (χ2n) is 6.48. The molecule has 0 spiro atoms. The normalized spacial score (nSPS) is 20.2. The number of nitrogens with zero attached hydrogens (tertiary/aromatic N) is 1. The highest BCUT2D eigenvalue weighted by Gasteiger charge is 2.31. The minimum Gasteiger partial charge on any atom is -0.489 e. The van der Waals surface area contributed by atoms with Crippen LogP contribution in [0.15, 0.2) is 18.2 Å². The van der Waals surface area contributed by atoms with Crippen LogP contribution in [0.1, 0.15) is 26.3 Å². The number of aliphatic hydroxyl groups excluding tert-OH is 1. The molecule has 1 heterocycles. The van der Waals surface area contributed by atoms with Gasteiger partial charge < -0.3 is 19.5 Å². The number of nitrogens with one attached hydrogen (secondary N) is 1. The second-order valence-corrected chi connectivity index (χ2v) is 6.48. The fraction of sp³-hybridized carbons (Fsp3) is 0.562. The van der Waals surface area contributed by atoms with Crippen LogP contribution < -0.4 is 15.0 Å². The third kappa shape index (κ3) is 3.97. The Morgan fingerprint density at radius 1 is 1.45 bits per heavy atom. The van der Waals surface area contributed by atoms with Gasteiger partial charge in [0.2, 0.25) is 12.3 Å². The molecule has 0 aromatic heterocycles. The van der Waals surface area contributed by atoms with E-state index in [4.69, 9.17) is 9.47 Å². The number of aryl methyl sites for hydroxylation is 1. The first-order valence-corrected chi connectivity index (χ1v) is 7.30. The van der Waals surface area contributed by atoms with E-state index in [1.165, 1.54) is 4.90 Å². The van der Waals surface area contributed by atoms with E-state index in [9.17, 15) is 9.90 Å². The number of fused-ring (bicyclic) bond motifs is 1. The molecule has 2 N–H and O–H groups in total. The summed E-state index contributed by atoms with van der Waals surface area (Å²) in [5.41, 5.74) is 1.25. The molecule has 6 nitrogen and oxygen atoms in total. The van der Waals surface area contributed by atoms with Gasteiger partial charge in [0.05, 0.1) is 11.3 Å². The first-order chi connectivity index (χ1) is 10.2. The van der Waals surface area contributed by atoms with Crippen LogP contribution in [0.3, 0.4) is 0 Å². The lowest BCUT2D eigenvalue weighted by Gasteiger charge is -2.27. The molecule has 0 aliphatic carbocycles. The first-order valence-electron chi connectivity index (χ1n) is 7.30. The van der Waals surface area contributed by atoms with Crippen molar-refractivity contribution in [2.45, 2.75) is 45.8 Å². The molecule has 2 rings (SSSR count). The van der Waals surface area contributed by atoms with Gasteiger partial charge in [-0.05, 0) is 45.4 Å². The van der Waals surface area contributed by atoms with Gasteiger partial charge in [-0.3, -0.25) is 10.1 Å². The SMILES string of the molecule is Cc1ccc2c(c1)OCC(NC(O)OC(C)(C)C)C(=O)N2C. The zero-order chi connectivity index (χ0) is 16.5. The molecule has 2 atom stereocenters. The lowest BCUT2D eigenvalue weighted by Crippen LogP contribution is -2.52. The maximum absolute atomic E-state index is 12.5. The number of carbonyl (C=O) groups is 1. The lowest BCUT2D eigenvalue weighted by atomic mass is 10.2. The maximum atomic E-state index is 12.5. The molecule has 1 amide bonds. The van der Waals surface area contributed by atoms with Crippen molar-refractivity contribution in [2.75, 3.05) is 18.6 Å². The van der Waals surface area contributed by atoms with Gasteiger partial charge in [-0.1, -0.05) is 6.07 Å². The van der Waals surface area contributed by atoms with Crippen molar-refractivity contribution < 1.29 is 19.4 Å². The Morgan fingerprint density at radius 3 is 2.77 bits per heavy atom. The van der Waals surface area contributed by atoms with Crippen LogP contribution in [0, 0.1) is 6.92 Å². The minimum absolute atomic E-state index is 0.129. The number of benzene rings is 1. The topological polar surface area (TPSA) is 71.0 Å². The zero-order valence-corrected chi connectivity index (χ0v) is 13.7. The maximum Gasteiger partial charge on any atom is 0.247 e. The highest BCUT2D eigenvalue weighted by molar-refractivity contribution is 5.98. The molecular weight excluding hydrogens is 284 g/mol. The summed E-state index contributed by atoms with van der Waals surface area (Å²) in [4.78, 5) is 14.0. The van der Waals surface area contributed by atoms with Gasteiger partial charge in [0.25, 0.3) is 0 Å². The number of aliphatic hydroxyl groups is 1. The van der Waals surface area contributed by atoms with Gasteiger partial charge in [-0.25, -0.2) is 0 Å². The molecule has 0 saturated carbocycles. The third-order valence-electron chi connectivity index (χ3n) is 3.32. The van der Waals surface area contributed by atoms with Crippen LogP contribution in [0.5, 0.6) is 5.75 Å². The molecule has 1 aliphatic rings. The van der Waals surface area contributed by atoms with Gasteiger partial charge in [0, 0.05) is 7.05 Å². The van der Waals surface area contributed by atoms with Crippen LogP contribution in [0.2, 0.25) is 0 Å². The predicted octanol–water partition coefficient (Wildman–Crippen LogP) is 1.40. The van der Waals surface area contributed by atoms with Crippen molar-refractivity contribution in [3.8, 4) is 5.75 Å². The van der Waals surface area contributed by atoms with E-state index in [0.717, 1.165) is 5.56 Å². The molecular formula is C16H24N2O4. The van der Waals surface area contributed by atoms with Crippen LogP contribution in [0.25, 0.3) is 0 Å². The summed E-state index contributed by atoms with van der Waals surface area (Å²) >= 11 is 0. The summed E-state index contributed by atoms with van der Waals surface area (Å²) in [5, 5.41) is 12.7. The fourth-order valence-corrected chi connectivity index (χ4v) is 2.27. The van der Waals surface area contributed by atoms with E-state index in [1.807, 2.05) is 45.9 Å². The fourth-order valence-electron chi connectivity index (χ4n) is 2.27. The van der Waals surface area contributed by atoms with Crippen LogP contribution in [0.4, 0.5) is 5.69 Å². The number of hydrogen-bond donors (Lipinski definition) is 2. The van der Waals surface area contributed by atoms with E-state index >= 15 is 0 Å². The summed E-state index contributed by atoms with van der Waals surface area (Å²) in [5.74, 6) is 0.477. The lowest BCUT2D eigenvalue weighted by molar-refractivity contribution is -0.187. The standard InChI is InChI=1S/C16H24N2O4/c1-10-6-7-12-13(8-10)21-9-11(14(19)18(12)5)17-15(20)22-16(2,3)4/h6-8,11,15,17,20H,9H2,1-5H3. The average Bonchev–Trinajstić information content (AvgIpc) is 2.49. The van der Waals surface area contributed by atoms with Gasteiger partial charge in [-0.15, -0.1) is 0 Å². The smallest absolute Gasteiger partial charge is 0.247 e. The van der Waals surface area contributed by atoms with Crippen molar-refractivity contribution in [1.29, 1.82) is 0 Å². The molecule has 6 heteroatoms. The van der Waals surface area contributed by atoms with Crippen LogP contribution in [-0.2, 0) is 9.53 Å². The molecule has 0 saturated heterocycles. The largest absolute Gasteiger partial charge is 0.489 e. The number of carbonyl (C=O) groups excluding carboxylic acids is 1. The minimum atomic E-state index is -1.24. The zero-order valence-electron chi connectivity index (χ0n) is 13.7. The van der Waals surface area contributed by atoms with Crippen molar-refractivity contribution in [1.82, 2.24) is 5.32 Å². The van der Waals surface area contributed by atoms with Gasteiger partial charge in [-0.2, -0.15) is 0 Å². The molecule has 22 heavy (non-hydrogen) atoms.